The Kier molecular flexibility index (Phi) is 15.4. The van der Waals surface area contributed by atoms with E-state index < -0.39 is 17.4 Å². The predicted molar refractivity (Wildman–Crippen MR) is 100 cm³/mol. The summed E-state index contributed by atoms with van der Waals surface area (Å²) in [6.45, 7) is 8.90. The molecule has 0 amide bonds. The van der Waals surface area contributed by atoms with Crippen LogP contribution in [0.15, 0.2) is 0 Å². The average Bonchev–Trinajstić information content (AvgIpc) is 2.64. The third kappa shape index (κ3) is 10.8. The van der Waals surface area contributed by atoms with Crippen molar-refractivity contribution in [1.29, 1.82) is 0 Å². The molecule has 0 N–H and O–H groups in total. The summed E-state index contributed by atoms with van der Waals surface area (Å²) in [5.74, 6) is -1.00. The first-order chi connectivity index (χ1) is 12.6. The van der Waals surface area contributed by atoms with Crippen molar-refractivity contribution in [3.8, 4) is 0 Å². The molecule has 0 radical (unpaired) electrons. The lowest BCUT2D eigenvalue weighted by atomic mass is 9.75. The van der Waals surface area contributed by atoms with Crippen molar-refractivity contribution in [2.75, 3.05) is 13.2 Å². The summed E-state index contributed by atoms with van der Waals surface area (Å²) in [5, 5.41) is 0. The highest BCUT2D eigenvalue weighted by Gasteiger charge is 2.42. The molecule has 0 unspecified atom stereocenters. The Bertz CT molecular complexity index is 361. The maximum Gasteiger partial charge on any atom is 0.349 e. The summed E-state index contributed by atoms with van der Waals surface area (Å²) in [6.07, 6.45) is 8.16. The van der Waals surface area contributed by atoms with Crippen molar-refractivity contribution < 1.29 is 29.1 Å². The molecule has 0 aliphatic heterocycles. The number of carbonyl (C=O) groups is 2. The summed E-state index contributed by atoms with van der Waals surface area (Å²) in [6, 6.07) is 0. The zero-order valence-corrected chi connectivity index (χ0v) is 17.1. The molecule has 154 valence electrons. The standard InChI is InChI=1S/C20H38O6/c1-5-9-13-20(14-10-6-2,19(22)26-24-16-12-8-4)17-18(21)25-23-15-11-7-3/h5-17H2,1-4H3. The predicted octanol–water partition coefficient (Wildman–Crippen LogP) is 5.29. The molecule has 6 nitrogen and oxygen atoms in total. The first-order valence-corrected chi connectivity index (χ1v) is 10.2. The Balaban J connectivity index is 4.94. The van der Waals surface area contributed by atoms with Crippen LogP contribution in [0.2, 0.25) is 0 Å². The van der Waals surface area contributed by atoms with E-state index >= 15 is 0 Å². The first-order valence-electron chi connectivity index (χ1n) is 10.2. The van der Waals surface area contributed by atoms with Crippen LogP contribution in [-0.2, 0) is 29.1 Å². The van der Waals surface area contributed by atoms with E-state index in [9.17, 15) is 9.59 Å². The molecule has 26 heavy (non-hydrogen) atoms. The van der Waals surface area contributed by atoms with Gasteiger partial charge < -0.3 is 0 Å². The molecular weight excluding hydrogens is 336 g/mol. The lowest BCUT2D eigenvalue weighted by Gasteiger charge is -2.29. The summed E-state index contributed by atoms with van der Waals surface area (Å²) in [4.78, 5) is 44.9. The van der Waals surface area contributed by atoms with Gasteiger partial charge >= 0.3 is 11.9 Å². The molecule has 0 rings (SSSR count). The van der Waals surface area contributed by atoms with Crippen molar-refractivity contribution in [2.45, 2.75) is 98.3 Å². The highest BCUT2D eigenvalue weighted by atomic mass is 17.2. The molecule has 0 atom stereocenters. The Morgan fingerprint density at radius 3 is 1.62 bits per heavy atom. The normalized spacial score (nSPS) is 11.4. The fourth-order valence-electron chi connectivity index (χ4n) is 2.61. The van der Waals surface area contributed by atoms with E-state index in [2.05, 4.69) is 13.8 Å². The number of rotatable bonds is 17. The smallest absolute Gasteiger partial charge is 0.298 e. The fraction of sp³-hybridized carbons (Fsp3) is 0.900. The molecule has 0 spiro atoms. The Hall–Kier alpha value is -1.14. The van der Waals surface area contributed by atoms with Gasteiger partial charge in [0.05, 0.1) is 25.0 Å². The van der Waals surface area contributed by atoms with Crippen molar-refractivity contribution in [1.82, 2.24) is 0 Å². The van der Waals surface area contributed by atoms with E-state index in [1.54, 1.807) is 0 Å². The lowest BCUT2D eigenvalue weighted by molar-refractivity contribution is -0.287. The zero-order chi connectivity index (χ0) is 19.7. The van der Waals surface area contributed by atoms with Gasteiger partial charge in [0.15, 0.2) is 0 Å². The SMILES string of the molecule is CCCCOOC(=O)CC(CCCC)(CCCC)C(=O)OOCCCC. The van der Waals surface area contributed by atoms with Gasteiger partial charge in [-0.3, -0.25) is 9.78 Å². The van der Waals surface area contributed by atoms with Crippen LogP contribution in [0.3, 0.4) is 0 Å². The number of hydrogen-bond donors (Lipinski definition) is 0. The largest absolute Gasteiger partial charge is 0.349 e. The van der Waals surface area contributed by atoms with E-state index in [1.165, 1.54) is 0 Å². The molecule has 0 saturated heterocycles. The van der Waals surface area contributed by atoms with Gasteiger partial charge in [0.2, 0.25) is 0 Å². The van der Waals surface area contributed by atoms with Crippen LogP contribution in [0.5, 0.6) is 0 Å². The van der Waals surface area contributed by atoms with E-state index in [-0.39, 0.29) is 6.42 Å². The van der Waals surface area contributed by atoms with E-state index in [0.29, 0.717) is 26.1 Å². The van der Waals surface area contributed by atoms with E-state index in [0.717, 1.165) is 51.4 Å². The Morgan fingerprint density at radius 2 is 1.15 bits per heavy atom. The summed E-state index contributed by atoms with van der Waals surface area (Å²) >= 11 is 0. The van der Waals surface area contributed by atoms with Crippen molar-refractivity contribution in [3.63, 3.8) is 0 Å². The summed E-state index contributed by atoms with van der Waals surface area (Å²) < 4.78 is 0. The number of hydrogen-bond acceptors (Lipinski definition) is 6. The number of carbonyl (C=O) groups excluding carboxylic acids is 2. The average molecular weight is 375 g/mol. The summed E-state index contributed by atoms with van der Waals surface area (Å²) in [5.41, 5.74) is -0.913. The lowest BCUT2D eigenvalue weighted by Crippen LogP contribution is -2.36. The van der Waals surface area contributed by atoms with Crippen LogP contribution in [-0.4, -0.2) is 25.2 Å². The van der Waals surface area contributed by atoms with E-state index in [4.69, 9.17) is 19.6 Å². The van der Waals surface area contributed by atoms with Crippen LogP contribution in [0.25, 0.3) is 0 Å². The molecule has 0 saturated carbocycles. The van der Waals surface area contributed by atoms with E-state index in [1.807, 2.05) is 13.8 Å². The van der Waals surface area contributed by atoms with Crippen LogP contribution < -0.4 is 0 Å². The van der Waals surface area contributed by atoms with Crippen molar-refractivity contribution >= 4 is 11.9 Å². The van der Waals surface area contributed by atoms with Gasteiger partial charge in [-0.25, -0.2) is 9.59 Å². The molecular formula is C20H38O6. The molecule has 0 aromatic rings. The third-order valence-electron chi connectivity index (χ3n) is 4.38. The van der Waals surface area contributed by atoms with Crippen LogP contribution in [0.4, 0.5) is 0 Å². The van der Waals surface area contributed by atoms with Gasteiger partial charge in [0.1, 0.15) is 0 Å². The highest BCUT2D eigenvalue weighted by molar-refractivity contribution is 5.83. The van der Waals surface area contributed by atoms with Crippen molar-refractivity contribution in [3.05, 3.63) is 0 Å². The Morgan fingerprint density at radius 1 is 0.692 bits per heavy atom. The third-order valence-corrected chi connectivity index (χ3v) is 4.38. The van der Waals surface area contributed by atoms with Gasteiger partial charge in [-0.2, -0.15) is 9.78 Å². The minimum absolute atomic E-state index is 0.0465. The monoisotopic (exact) mass is 374 g/mol. The molecule has 0 aliphatic rings. The highest BCUT2D eigenvalue weighted by Crippen LogP contribution is 2.37. The van der Waals surface area contributed by atoms with Crippen LogP contribution >= 0.6 is 0 Å². The zero-order valence-electron chi connectivity index (χ0n) is 17.1. The second kappa shape index (κ2) is 16.1. The molecule has 0 fully saturated rings. The molecule has 6 heteroatoms. The van der Waals surface area contributed by atoms with Gasteiger partial charge in [-0.15, -0.1) is 0 Å². The molecule has 0 bridgehead atoms. The molecule has 0 aromatic heterocycles. The van der Waals surface area contributed by atoms with Crippen LogP contribution in [0, 0.1) is 5.41 Å². The van der Waals surface area contributed by atoms with Gasteiger partial charge in [0.25, 0.3) is 0 Å². The van der Waals surface area contributed by atoms with Crippen LogP contribution in [0.1, 0.15) is 98.3 Å². The topological polar surface area (TPSA) is 71.1 Å². The molecule has 0 aromatic carbocycles. The van der Waals surface area contributed by atoms with Gasteiger partial charge in [-0.05, 0) is 25.7 Å². The maximum atomic E-state index is 12.8. The quantitative estimate of drug-likeness (QED) is 0.196. The number of unbranched alkanes of at least 4 members (excludes halogenated alkanes) is 4. The second-order valence-corrected chi connectivity index (χ2v) is 6.84. The fourth-order valence-corrected chi connectivity index (χ4v) is 2.61. The summed E-state index contributed by atoms with van der Waals surface area (Å²) in [7, 11) is 0. The minimum Gasteiger partial charge on any atom is -0.298 e. The first kappa shape index (κ1) is 24.9. The van der Waals surface area contributed by atoms with Crippen molar-refractivity contribution in [2.24, 2.45) is 5.41 Å². The molecule has 0 aliphatic carbocycles. The van der Waals surface area contributed by atoms with Gasteiger partial charge in [0, 0.05) is 0 Å². The second-order valence-electron chi connectivity index (χ2n) is 6.84. The molecule has 0 heterocycles. The Labute approximate surface area is 158 Å². The minimum atomic E-state index is -0.913. The van der Waals surface area contributed by atoms with Gasteiger partial charge in [-0.1, -0.05) is 66.2 Å². The maximum absolute atomic E-state index is 12.8.